The van der Waals surface area contributed by atoms with Gasteiger partial charge in [-0.3, -0.25) is 14.3 Å². The maximum absolute atomic E-state index is 12.9. The highest BCUT2D eigenvalue weighted by molar-refractivity contribution is 5.69. The number of fused-ring (bicyclic) bond motifs is 5. The van der Waals surface area contributed by atoms with Crippen LogP contribution in [0.15, 0.2) is 36.5 Å². The average molecular weight is 537 g/mol. The number of ether oxygens (including phenoxy) is 1. The lowest BCUT2D eigenvalue weighted by Gasteiger charge is -2.37. The molecule has 1 fully saturated rings. The maximum atomic E-state index is 12.9. The summed E-state index contributed by atoms with van der Waals surface area (Å²) in [5, 5.41) is 22.1. The second-order valence-corrected chi connectivity index (χ2v) is 11.4. The third-order valence-electron chi connectivity index (χ3n) is 8.58. The van der Waals surface area contributed by atoms with Crippen molar-refractivity contribution in [3.63, 3.8) is 0 Å². The van der Waals surface area contributed by atoms with Crippen molar-refractivity contribution in [3.05, 3.63) is 47.7 Å². The quantitative estimate of drug-likeness (QED) is 0.192. The highest BCUT2D eigenvalue weighted by Crippen LogP contribution is 2.56. The van der Waals surface area contributed by atoms with E-state index in [0.29, 0.717) is 13.0 Å². The number of carbonyl (C=O) groups excluding carboxylic acids is 1. The molecule has 0 amide bonds. The van der Waals surface area contributed by atoms with Crippen molar-refractivity contribution in [2.75, 3.05) is 37.6 Å². The number of hydrogen-bond donors (Lipinski definition) is 2. The second-order valence-electron chi connectivity index (χ2n) is 11.4. The number of anilines is 1. The third kappa shape index (κ3) is 6.43. The molecule has 0 aromatic carbocycles. The van der Waals surface area contributed by atoms with Crippen LogP contribution in [0.5, 0.6) is 11.8 Å². The minimum absolute atomic E-state index is 0.118. The molecule has 2 bridgehead atoms. The minimum atomic E-state index is -0.460. The van der Waals surface area contributed by atoms with Crippen LogP contribution in [0.2, 0.25) is 0 Å². The van der Waals surface area contributed by atoms with E-state index in [0.717, 1.165) is 68.8 Å². The minimum Gasteiger partial charge on any atom is -0.494 e. The van der Waals surface area contributed by atoms with Crippen LogP contribution in [0.1, 0.15) is 87.7 Å². The molecule has 2 N–H and O–H groups in total. The van der Waals surface area contributed by atoms with Crippen LogP contribution in [-0.4, -0.2) is 69.5 Å². The van der Waals surface area contributed by atoms with Crippen molar-refractivity contribution in [3.8, 4) is 11.8 Å². The highest BCUT2D eigenvalue weighted by atomic mass is 16.5. The number of carbonyl (C=O) groups is 1. The number of aromatic nitrogens is 2. The van der Waals surface area contributed by atoms with Gasteiger partial charge in [-0.25, -0.2) is 4.98 Å². The number of piperazine rings is 1. The lowest BCUT2D eigenvalue weighted by molar-refractivity contribution is -0.151. The molecule has 212 valence electrons. The predicted octanol–water partition coefficient (Wildman–Crippen LogP) is 5.31. The number of pyridine rings is 1. The molecule has 2 aromatic heterocycles. The molecule has 2 unspecified atom stereocenters. The summed E-state index contributed by atoms with van der Waals surface area (Å²) in [6.45, 7) is 6.37. The van der Waals surface area contributed by atoms with E-state index in [2.05, 4.69) is 33.9 Å². The number of nitrogens with zero attached hydrogens (tertiary/aromatic N) is 4. The Morgan fingerprint density at radius 2 is 1.62 bits per heavy atom. The molecule has 1 saturated heterocycles. The predicted molar refractivity (Wildman–Crippen MR) is 152 cm³/mol. The lowest BCUT2D eigenvalue weighted by Crippen LogP contribution is -2.49. The Morgan fingerprint density at radius 1 is 0.949 bits per heavy atom. The molecular weight excluding hydrogens is 492 g/mol. The lowest BCUT2D eigenvalue weighted by atomic mass is 10.0. The molecule has 3 heterocycles. The fourth-order valence-corrected chi connectivity index (χ4v) is 6.46. The van der Waals surface area contributed by atoms with E-state index in [4.69, 9.17) is 4.74 Å². The summed E-state index contributed by atoms with van der Waals surface area (Å²) in [7, 11) is 0. The largest absolute Gasteiger partial charge is 0.494 e. The first kappa shape index (κ1) is 27.6. The topological polar surface area (TPSA) is 91.1 Å². The van der Waals surface area contributed by atoms with Crippen molar-refractivity contribution in [2.24, 2.45) is 0 Å². The Hall–Kier alpha value is -3.00. The standard InChI is InChI=1S/C31H44N4O4/c1-2-3-4-5-6-7-8-12-27(36)39-25(21-33-16-18-34(19-17-33)26-11-9-10-15-32-26)22-35-30(37)28-23-13-14-24(20-23)29(28)31(35)38/h9-11,13-15,23-25,37-38H,2-8,12,16-22H2,1H3/t23-,24?,25?/m0/s1. The fourth-order valence-electron chi connectivity index (χ4n) is 6.46. The summed E-state index contributed by atoms with van der Waals surface area (Å²) in [6.07, 6.45) is 15.0. The zero-order valence-corrected chi connectivity index (χ0v) is 23.3. The summed E-state index contributed by atoms with van der Waals surface area (Å²) < 4.78 is 7.59. The molecule has 8 heteroatoms. The Balaban J connectivity index is 1.20. The molecule has 2 aromatic rings. The Morgan fingerprint density at radius 3 is 2.26 bits per heavy atom. The van der Waals surface area contributed by atoms with Crippen molar-refractivity contribution >= 4 is 11.8 Å². The van der Waals surface area contributed by atoms with Crippen LogP contribution >= 0.6 is 0 Å². The van der Waals surface area contributed by atoms with Crippen LogP contribution in [0, 0.1) is 0 Å². The van der Waals surface area contributed by atoms with Crippen LogP contribution < -0.4 is 4.90 Å². The summed E-state index contributed by atoms with van der Waals surface area (Å²) >= 11 is 0. The Kier molecular flexibility index (Phi) is 9.12. The monoisotopic (exact) mass is 536 g/mol. The molecular formula is C31H44N4O4. The van der Waals surface area contributed by atoms with E-state index >= 15 is 0 Å². The number of hydrogen-bond acceptors (Lipinski definition) is 7. The molecule has 0 saturated carbocycles. The maximum Gasteiger partial charge on any atom is 0.306 e. The first-order valence-corrected chi connectivity index (χ1v) is 15.0. The molecule has 1 aliphatic heterocycles. The number of allylic oxidation sites excluding steroid dienone is 2. The van der Waals surface area contributed by atoms with Gasteiger partial charge >= 0.3 is 5.97 Å². The highest BCUT2D eigenvalue weighted by Gasteiger charge is 2.41. The molecule has 3 aliphatic rings. The first-order valence-electron chi connectivity index (χ1n) is 15.0. The summed E-state index contributed by atoms with van der Waals surface area (Å²) in [5.41, 5.74) is 1.69. The molecule has 3 atom stereocenters. The smallest absolute Gasteiger partial charge is 0.306 e. The zero-order valence-electron chi connectivity index (χ0n) is 23.3. The molecule has 8 nitrogen and oxygen atoms in total. The van der Waals surface area contributed by atoms with Gasteiger partial charge in [0.05, 0.1) is 6.54 Å². The van der Waals surface area contributed by atoms with Crippen LogP contribution in [0.3, 0.4) is 0 Å². The van der Waals surface area contributed by atoms with Gasteiger partial charge in [0.15, 0.2) is 11.8 Å². The van der Waals surface area contributed by atoms with Crippen molar-refractivity contribution in [1.29, 1.82) is 0 Å². The fraction of sp³-hybridized carbons (Fsp3) is 0.613. The van der Waals surface area contributed by atoms with E-state index in [1.54, 1.807) is 4.57 Å². The summed E-state index contributed by atoms with van der Waals surface area (Å²) in [4.78, 5) is 21.9. The van der Waals surface area contributed by atoms with Gasteiger partial charge < -0.3 is 19.8 Å². The number of aromatic hydroxyl groups is 2. The van der Waals surface area contributed by atoms with Crippen LogP contribution in [-0.2, 0) is 16.1 Å². The van der Waals surface area contributed by atoms with Gasteiger partial charge in [0, 0.05) is 68.3 Å². The van der Waals surface area contributed by atoms with E-state index < -0.39 is 6.10 Å². The third-order valence-corrected chi connectivity index (χ3v) is 8.58. The molecule has 0 radical (unpaired) electrons. The Labute approximate surface area is 232 Å². The number of esters is 1. The normalized spacial score (nSPS) is 20.9. The Bertz CT molecular complexity index is 1090. The molecule has 2 aliphatic carbocycles. The van der Waals surface area contributed by atoms with Gasteiger partial charge in [-0.05, 0) is 25.0 Å². The molecule has 0 spiro atoms. The van der Waals surface area contributed by atoms with E-state index in [1.165, 1.54) is 25.7 Å². The van der Waals surface area contributed by atoms with Gasteiger partial charge in [-0.1, -0.05) is 63.7 Å². The van der Waals surface area contributed by atoms with Gasteiger partial charge in [0.25, 0.3) is 0 Å². The second kappa shape index (κ2) is 12.9. The average Bonchev–Trinajstić information content (AvgIpc) is 3.64. The molecule has 5 rings (SSSR count). The van der Waals surface area contributed by atoms with Crippen LogP contribution in [0.25, 0.3) is 0 Å². The number of unbranched alkanes of at least 4 members (excludes halogenated alkanes) is 6. The van der Waals surface area contributed by atoms with Crippen molar-refractivity contribution < 1.29 is 19.7 Å². The van der Waals surface area contributed by atoms with Crippen LogP contribution in [0.4, 0.5) is 5.82 Å². The first-order chi connectivity index (χ1) is 19.0. The van der Waals surface area contributed by atoms with E-state index in [-0.39, 0.29) is 36.1 Å². The van der Waals surface area contributed by atoms with Crippen molar-refractivity contribution in [1.82, 2.24) is 14.5 Å². The van der Waals surface area contributed by atoms with E-state index in [1.807, 2.05) is 24.4 Å². The van der Waals surface area contributed by atoms with Gasteiger partial charge in [0.1, 0.15) is 11.9 Å². The van der Waals surface area contributed by atoms with Crippen molar-refractivity contribution in [2.45, 2.75) is 89.2 Å². The van der Waals surface area contributed by atoms with Gasteiger partial charge in [-0.2, -0.15) is 0 Å². The SMILES string of the molecule is CCCCCCCCCC(=O)OC(CN1CCN(c2ccccn2)CC1)Cn1c(O)c2c(c1O)[C@H]1C=CC2C1. The van der Waals surface area contributed by atoms with Gasteiger partial charge in [-0.15, -0.1) is 0 Å². The zero-order chi connectivity index (χ0) is 27.2. The molecule has 39 heavy (non-hydrogen) atoms. The van der Waals surface area contributed by atoms with E-state index in [9.17, 15) is 15.0 Å². The summed E-state index contributed by atoms with van der Waals surface area (Å²) in [6, 6.07) is 5.96. The summed E-state index contributed by atoms with van der Waals surface area (Å²) in [5.74, 6) is 1.35. The van der Waals surface area contributed by atoms with Gasteiger partial charge in [0.2, 0.25) is 0 Å². The number of rotatable bonds is 14.